The fourth-order valence-electron chi connectivity index (χ4n) is 3.46. The number of amides is 2. The van der Waals surface area contributed by atoms with Crippen LogP contribution in [-0.4, -0.2) is 35.9 Å². The van der Waals surface area contributed by atoms with E-state index in [1.54, 1.807) is 4.90 Å². The van der Waals surface area contributed by atoms with Gasteiger partial charge in [0.25, 0.3) is 5.91 Å². The Kier molecular flexibility index (Phi) is 9.57. The van der Waals surface area contributed by atoms with Gasteiger partial charge in [-0.1, -0.05) is 56.2 Å². The number of nitrogens with zero attached hydrogens (tertiary/aromatic N) is 1. The van der Waals surface area contributed by atoms with Crippen molar-refractivity contribution in [3.05, 3.63) is 64.7 Å². The smallest absolute Gasteiger partial charge is 0.261 e. The zero-order chi connectivity index (χ0) is 22.8. The maximum Gasteiger partial charge on any atom is 0.261 e. The van der Waals surface area contributed by atoms with Crippen LogP contribution < -0.4 is 10.1 Å². The van der Waals surface area contributed by atoms with Crippen LogP contribution >= 0.6 is 0 Å². The molecule has 2 aromatic carbocycles. The molecule has 1 atom stereocenters. The molecule has 2 amide bonds. The van der Waals surface area contributed by atoms with Crippen LogP contribution in [0.15, 0.2) is 42.5 Å². The second-order valence-electron chi connectivity index (χ2n) is 8.11. The quantitative estimate of drug-likeness (QED) is 0.531. The minimum Gasteiger partial charge on any atom is -0.484 e. The number of benzene rings is 2. The molecule has 0 bridgehead atoms. The van der Waals surface area contributed by atoms with Gasteiger partial charge in [0.1, 0.15) is 11.8 Å². The van der Waals surface area contributed by atoms with Crippen LogP contribution in [0.1, 0.15) is 55.4 Å². The van der Waals surface area contributed by atoms with Gasteiger partial charge in [0, 0.05) is 13.1 Å². The van der Waals surface area contributed by atoms with Crippen LogP contribution in [-0.2, 0) is 16.1 Å². The van der Waals surface area contributed by atoms with Gasteiger partial charge in [-0.3, -0.25) is 9.59 Å². The lowest BCUT2D eigenvalue weighted by molar-refractivity contribution is -0.143. The van der Waals surface area contributed by atoms with E-state index >= 15 is 0 Å². The first-order valence-corrected chi connectivity index (χ1v) is 11.2. The summed E-state index contributed by atoms with van der Waals surface area (Å²) in [5, 5.41) is 2.98. The molecule has 2 aromatic rings. The first kappa shape index (κ1) is 24.4. The average molecular weight is 425 g/mol. The molecular formula is C26H36N2O3. The zero-order valence-electron chi connectivity index (χ0n) is 19.5. The molecule has 0 aliphatic rings. The number of unbranched alkanes of at least 4 members (excludes halogenated alkanes) is 1. The molecule has 168 valence electrons. The Morgan fingerprint density at radius 2 is 1.81 bits per heavy atom. The number of ether oxygens (including phenoxy) is 1. The first-order valence-electron chi connectivity index (χ1n) is 11.2. The number of aryl methyl sites for hydroxylation is 3. The summed E-state index contributed by atoms with van der Waals surface area (Å²) in [6, 6.07) is 13.3. The summed E-state index contributed by atoms with van der Waals surface area (Å²) in [6.07, 6.45) is 2.47. The topological polar surface area (TPSA) is 58.6 Å². The summed E-state index contributed by atoms with van der Waals surface area (Å²) < 4.78 is 5.80. The first-order chi connectivity index (χ1) is 14.8. The van der Waals surface area contributed by atoms with E-state index in [1.165, 1.54) is 5.56 Å². The fraction of sp³-hybridized carbons (Fsp3) is 0.462. The Morgan fingerprint density at radius 3 is 2.45 bits per heavy atom. The lowest BCUT2D eigenvalue weighted by Crippen LogP contribution is -2.50. The summed E-state index contributed by atoms with van der Waals surface area (Å²) in [5.74, 6) is 0.354. The highest BCUT2D eigenvalue weighted by Crippen LogP contribution is 2.18. The molecule has 2 rings (SSSR count). The van der Waals surface area contributed by atoms with Crippen molar-refractivity contribution < 1.29 is 14.3 Å². The van der Waals surface area contributed by atoms with E-state index in [2.05, 4.69) is 12.2 Å². The third-order valence-corrected chi connectivity index (χ3v) is 5.49. The van der Waals surface area contributed by atoms with Gasteiger partial charge in [-0.15, -0.1) is 0 Å². The predicted octanol–water partition coefficient (Wildman–Crippen LogP) is 4.71. The standard InChI is InChI=1S/C26H36N2O3/c1-6-8-14-27-26(30)24(7-2)28(17-22-11-9-10-19(3)15-22)25(29)18-31-23-13-12-20(4)21(5)16-23/h9-13,15-16,24H,6-8,14,17-18H2,1-5H3,(H,27,30). The largest absolute Gasteiger partial charge is 0.484 e. The van der Waals surface area contributed by atoms with Crippen LogP contribution in [0.25, 0.3) is 0 Å². The van der Waals surface area contributed by atoms with E-state index in [1.807, 2.05) is 70.2 Å². The fourth-order valence-corrected chi connectivity index (χ4v) is 3.46. The van der Waals surface area contributed by atoms with Crippen molar-refractivity contribution in [2.45, 2.75) is 66.5 Å². The molecule has 0 saturated heterocycles. The van der Waals surface area contributed by atoms with E-state index < -0.39 is 6.04 Å². The number of hydrogen-bond acceptors (Lipinski definition) is 3. The number of hydrogen-bond donors (Lipinski definition) is 1. The molecule has 0 heterocycles. The van der Waals surface area contributed by atoms with Gasteiger partial charge < -0.3 is 15.0 Å². The average Bonchev–Trinajstić information content (AvgIpc) is 2.74. The van der Waals surface area contributed by atoms with Crippen LogP contribution in [0, 0.1) is 20.8 Å². The molecule has 0 aliphatic heterocycles. The highest BCUT2D eigenvalue weighted by Gasteiger charge is 2.28. The Balaban J connectivity index is 2.18. The summed E-state index contributed by atoms with van der Waals surface area (Å²) in [7, 11) is 0. The van der Waals surface area contributed by atoms with Crippen LogP contribution in [0.5, 0.6) is 5.75 Å². The second kappa shape index (κ2) is 12.1. The van der Waals surface area contributed by atoms with Crippen LogP contribution in [0.3, 0.4) is 0 Å². The number of rotatable bonds is 11. The van der Waals surface area contributed by atoms with Crippen molar-refractivity contribution in [1.82, 2.24) is 10.2 Å². The second-order valence-corrected chi connectivity index (χ2v) is 8.11. The van der Waals surface area contributed by atoms with E-state index in [-0.39, 0.29) is 18.4 Å². The van der Waals surface area contributed by atoms with E-state index in [0.717, 1.165) is 29.5 Å². The molecule has 1 unspecified atom stereocenters. The van der Waals surface area contributed by atoms with Gasteiger partial charge in [-0.05, 0) is 62.4 Å². The van der Waals surface area contributed by atoms with Crippen molar-refractivity contribution in [2.75, 3.05) is 13.2 Å². The Morgan fingerprint density at radius 1 is 1.03 bits per heavy atom. The summed E-state index contributed by atoms with van der Waals surface area (Å²) in [6.45, 7) is 11.0. The van der Waals surface area contributed by atoms with Crippen LogP contribution in [0.2, 0.25) is 0 Å². The van der Waals surface area contributed by atoms with E-state index in [9.17, 15) is 9.59 Å². The van der Waals surface area contributed by atoms with Gasteiger partial charge in [-0.2, -0.15) is 0 Å². The third kappa shape index (κ3) is 7.42. The molecule has 0 radical (unpaired) electrons. The van der Waals surface area contributed by atoms with Crippen molar-refractivity contribution in [3.8, 4) is 5.75 Å². The summed E-state index contributed by atoms with van der Waals surface area (Å²) in [4.78, 5) is 27.7. The Labute approximate surface area is 186 Å². The van der Waals surface area contributed by atoms with Gasteiger partial charge in [0.05, 0.1) is 0 Å². The number of carbonyl (C=O) groups excluding carboxylic acids is 2. The van der Waals surface area contributed by atoms with E-state index in [0.29, 0.717) is 25.3 Å². The summed E-state index contributed by atoms with van der Waals surface area (Å²) >= 11 is 0. The molecule has 0 saturated carbocycles. The molecule has 1 N–H and O–H groups in total. The minimum absolute atomic E-state index is 0.104. The molecular weight excluding hydrogens is 388 g/mol. The number of carbonyl (C=O) groups is 2. The van der Waals surface area contributed by atoms with Crippen LogP contribution in [0.4, 0.5) is 0 Å². The van der Waals surface area contributed by atoms with Gasteiger partial charge in [0.15, 0.2) is 6.61 Å². The van der Waals surface area contributed by atoms with E-state index in [4.69, 9.17) is 4.74 Å². The normalized spacial score (nSPS) is 11.6. The van der Waals surface area contributed by atoms with Gasteiger partial charge in [0.2, 0.25) is 5.91 Å². The minimum atomic E-state index is -0.534. The molecule has 0 fully saturated rings. The Bertz CT molecular complexity index is 879. The van der Waals surface area contributed by atoms with Crippen molar-refractivity contribution in [1.29, 1.82) is 0 Å². The van der Waals surface area contributed by atoms with Gasteiger partial charge in [-0.25, -0.2) is 0 Å². The monoisotopic (exact) mass is 424 g/mol. The maximum atomic E-state index is 13.2. The lowest BCUT2D eigenvalue weighted by Gasteiger charge is -2.30. The Hall–Kier alpha value is -2.82. The molecule has 0 aromatic heterocycles. The molecule has 31 heavy (non-hydrogen) atoms. The molecule has 0 aliphatic carbocycles. The zero-order valence-corrected chi connectivity index (χ0v) is 19.5. The maximum absolute atomic E-state index is 13.2. The van der Waals surface area contributed by atoms with Crippen molar-refractivity contribution in [2.24, 2.45) is 0 Å². The molecule has 5 heteroatoms. The molecule has 5 nitrogen and oxygen atoms in total. The SMILES string of the molecule is CCCCNC(=O)C(CC)N(Cc1cccc(C)c1)C(=O)COc1ccc(C)c(C)c1. The lowest BCUT2D eigenvalue weighted by atomic mass is 10.1. The summed E-state index contributed by atoms with van der Waals surface area (Å²) in [5.41, 5.74) is 4.41. The van der Waals surface area contributed by atoms with Crippen molar-refractivity contribution >= 4 is 11.8 Å². The van der Waals surface area contributed by atoms with Gasteiger partial charge >= 0.3 is 0 Å². The highest BCUT2D eigenvalue weighted by atomic mass is 16.5. The van der Waals surface area contributed by atoms with Crippen molar-refractivity contribution in [3.63, 3.8) is 0 Å². The third-order valence-electron chi connectivity index (χ3n) is 5.49. The molecule has 0 spiro atoms. The highest BCUT2D eigenvalue weighted by molar-refractivity contribution is 5.88. The predicted molar refractivity (Wildman–Crippen MR) is 125 cm³/mol. The number of nitrogens with one attached hydrogen (secondary N) is 1.